The Morgan fingerprint density at radius 2 is 1.40 bits per heavy atom. The van der Waals surface area contributed by atoms with Crippen molar-refractivity contribution in [2.45, 2.75) is 20.8 Å². The van der Waals surface area contributed by atoms with Crippen LogP contribution >= 0.6 is 15.9 Å². The van der Waals surface area contributed by atoms with Crippen LogP contribution in [0.5, 0.6) is 0 Å². The standard InChI is InChI=1S/C15H13BrN2.C2H6/c1-10-5-7-11(8-6-10)14(17)15(18)12-3-2-4-13(16)9-12;1-2/h2-9,17-18H,1H3;1-2H3. The molecule has 0 fully saturated rings. The van der Waals surface area contributed by atoms with Crippen LogP contribution in [0, 0.1) is 17.7 Å². The lowest BCUT2D eigenvalue weighted by atomic mass is 9.99. The lowest BCUT2D eigenvalue weighted by molar-refractivity contribution is 1.42. The monoisotopic (exact) mass is 330 g/mol. The third-order valence-electron chi connectivity index (χ3n) is 2.70. The van der Waals surface area contributed by atoms with Gasteiger partial charge in [-0.3, -0.25) is 10.8 Å². The van der Waals surface area contributed by atoms with Gasteiger partial charge < -0.3 is 0 Å². The maximum absolute atomic E-state index is 8.08. The predicted molar refractivity (Wildman–Crippen MR) is 90.3 cm³/mol. The van der Waals surface area contributed by atoms with Crippen LogP contribution in [0.15, 0.2) is 53.0 Å². The highest BCUT2D eigenvalue weighted by Crippen LogP contribution is 2.14. The van der Waals surface area contributed by atoms with Crippen molar-refractivity contribution in [3.05, 3.63) is 69.7 Å². The van der Waals surface area contributed by atoms with Crippen molar-refractivity contribution < 1.29 is 0 Å². The molecule has 0 bridgehead atoms. The highest BCUT2D eigenvalue weighted by molar-refractivity contribution is 9.10. The lowest BCUT2D eigenvalue weighted by Crippen LogP contribution is -2.14. The lowest BCUT2D eigenvalue weighted by Gasteiger charge is -2.07. The van der Waals surface area contributed by atoms with Gasteiger partial charge >= 0.3 is 0 Å². The molecule has 0 atom stereocenters. The first-order valence-corrected chi connectivity index (χ1v) is 7.37. The van der Waals surface area contributed by atoms with E-state index in [-0.39, 0.29) is 11.4 Å². The second-order valence-corrected chi connectivity index (χ2v) is 5.04. The summed E-state index contributed by atoms with van der Waals surface area (Å²) in [5, 5.41) is 16.2. The molecule has 2 N–H and O–H groups in total. The van der Waals surface area contributed by atoms with Gasteiger partial charge in [-0.25, -0.2) is 0 Å². The highest BCUT2D eigenvalue weighted by Gasteiger charge is 2.10. The van der Waals surface area contributed by atoms with Crippen LogP contribution in [0.3, 0.4) is 0 Å². The Morgan fingerprint density at radius 3 is 1.95 bits per heavy atom. The van der Waals surface area contributed by atoms with E-state index in [2.05, 4.69) is 15.9 Å². The van der Waals surface area contributed by atoms with Crippen molar-refractivity contribution in [3.63, 3.8) is 0 Å². The van der Waals surface area contributed by atoms with Gasteiger partial charge in [0.05, 0.1) is 11.4 Å². The first kappa shape index (κ1) is 16.3. The summed E-state index contributed by atoms with van der Waals surface area (Å²) < 4.78 is 0.918. The number of benzene rings is 2. The summed E-state index contributed by atoms with van der Waals surface area (Å²) >= 11 is 3.38. The van der Waals surface area contributed by atoms with Crippen molar-refractivity contribution in [1.82, 2.24) is 0 Å². The summed E-state index contributed by atoms with van der Waals surface area (Å²) in [5.41, 5.74) is 3.15. The first-order valence-electron chi connectivity index (χ1n) is 6.58. The molecule has 0 heterocycles. The molecule has 104 valence electrons. The SMILES string of the molecule is CC.Cc1ccc(C(=N)C(=N)c2cccc(Br)c2)cc1. The van der Waals surface area contributed by atoms with E-state index in [1.54, 1.807) is 0 Å². The summed E-state index contributed by atoms with van der Waals surface area (Å²) in [5.74, 6) is 0. The molecule has 0 aliphatic heterocycles. The number of nitrogens with one attached hydrogen (secondary N) is 2. The van der Waals surface area contributed by atoms with Crippen LogP contribution in [0.4, 0.5) is 0 Å². The van der Waals surface area contributed by atoms with Gasteiger partial charge in [0.2, 0.25) is 0 Å². The molecule has 0 aromatic heterocycles. The Balaban J connectivity index is 0.000000956. The smallest absolute Gasteiger partial charge is 0.0868 e. The van der Waals surface area contributed by atoms with E-state index in [0.29, 0.717) is 0 Å². The zero-order chi connectivity index (χ0) is 15.1. The molecular formula is C17H19BrN2. The van der Waals surface area contributed by atoms with Crippen LogP contribution in [0.2, 0.25) is 0 Å². The van der Waals surface area contributed by atoms with E-state index in [0.717, 1.165) is 21.2 Å². The molecule has 2 nitrogen and oxygen atoms in total. The number of hydrogen-bond acceptors (Lipinski definition) is 2. The Morgan fingerprint density at radius 1 is 0.850 bits per heavy atom. The average molecular weight is 331 g/mol. The quantitative estimate of drug-likeness (QED) is 0.725. The fourth-order valence-corrected chi connectivity index (χ4v) is 2.05. The number of aryl methyl sites for hydroxylation is 1. The molecule has 0 saturated carbocycles. The van der Waals surface area contributed by atoms with Crippen molar-refractivity contribution in [3.8, 4) is 0 Å². The first-order chi connectivity index (χ1) is 9.58. The van der Waals surface area contributed by atoms with Crippen molar-refractivity contribution in [2.75, 3.05) is 0 Å². The van der Waals surface area contributed by atoms with E-state index < -0.39 is 0 Å². The molecule has 0 saturated heterocycles. The summed E-state index contributed by atoms with van der Waals surface area (Å²) in [4.78, 5) is 0. The second kappa shape index (κ2) is 7.75. The van der Waals surface area contributed by atoms with Crippen LogP contribution in [-0.4, -0.2) is 11.4 Å². The molecule has 0 spiro atoms. The van der Waals surface area contributed by atoms with Gasteiger partial charge in [0.15, 0.2) is 0 Å². The zero-order valence-corrected chi connectivity index (χ0v) is 13.6. The summed E-state index contributed by atoms with van der Waals surface area (Å²) in [6.45, 7) is 6.01. The third kappa shape index (κ3) is 4.14. The van der Waals surface area contributed by atoms with Crippen LogP contribution in [0.25, 0.3) is 0 Å². The normalized spacial score (nSPS) is 9.40. The summed E-state index contributed by atoms with van der Waals surface area (Å²) in [6, 6.07) is 15.1. The minimum atomic E-state index is 0.236. The molecule has 2 aromatic carbocycles. The Bertz CT molecular complexity index is 601. The highest BCUT2D eigenvalue weighted by atomic mass is 79.9. The maximum atomic E-state index is 8.08. The minimum Gasteiger partial charge on any atom is -0.298 e. The Kier molecular flexibility index (Phi) is 6.32. The van der Waals surface area contributed by atoms with E-state index in [1.165, 1.54) is 0 Å². The van der Waals surface area contributed by atoms with Gasteiger partial charge in [0, 0.05) is 15.6 Å². The largest absolute Gasteiger partial charge is 0.298 e. The molecular weight excluding hydrogens is 312 g/mol. The van der Waals surface area contributed by atoms with Crippen molar-refractivity contribution in [2.24, 2.45) is 0 Å². The molecule has 20 heavy (non-hydrogen) atoms. The molecule has 2 aromatic rings. The van der Waals surface area contributed by atoms with Gasteiger partial charge in [-0.2, -0.15) is 0 Å². The van der Waals surface area contributed by atoms with Crippen LogP contribution in [-0.2, 0) is 0 Å². The van der Waals surface area contributed by atoms with E-state index in [1.807, 2.05) is 69.3 Å². The van der Waals surface area contributed by atoms with E-state index in [4.69, 9.17) is 10.8 Å². The van der Waals surface area contributed by atoms with Gasteiger partial charge in [-0.05, 0) is 19.1 Å². The predicted octanol–water partition coefficient (Wildman–Crippen LogP) is 5.22. The van der Waals surface area contributed by atoms with E-state index in [9.17, 15) is 0 Å². The fraction of sp³-hybridized carbons (Fsp3) is 0.176. The molecule has 0 unspecified atom stereocenters. The molecule has 0 aliphatic rings. The molecule has 0 radical (unpaired) electrons. The average Bonchev–Trinajstić information content (AvgIpc) is 2.48. The maximum Gasteiger partial charge on any atom is 0.0868 e. The Labute approximate surface area is 129 Å². The summed E-state index contributed by atoms with van der Waals surface area (Å²) in [6.07, 6.45) is 0. The zero-order valence-electron chi connectivity index (χ0n) is 12.0. The number of rotatable bonds is 3. The van der Waals surface area contributed by atoms with Crippen LogP contribution in [0.1, 0.15) is 30.5 Å². The fourth-order valence-electron chi connectivity index (χ4n) is 1.65. The molecule has 3 heteroatoms. The number of hydrogen-bond donors (Lipinski definition) is 2. The molecule has 2 rings (SSSR count). The topological polar surface area (TPSA) is 47.7 Å². The molecule has 0 aliphatic carbocycles. The van der Waals surface area contributed by atoms with Crippen molar-refractivity contribution in [1.29, 1.82) is 10.8 Å². The van der Waals surface area contributed by atoms with E-state index >= 15 is 0 Å². The summed E-state index contributed by atoms with van der Waals surface area (Å²) in [7, 11) is 0. The minimum absolute atomic E-state index is 0.236. The van der Waals surface area contributed by atoms with Gasteiger partial charge in [0.25, 0.3) is 0 Å². The van der Waals surface area contributed by atoms with Crippen LogP contribution < -0.4 is 0 Å². The second-order valence-electron chi connectivity index (χ2n) is 4.13. The third-order valence-corrected chi connectivity index (χ3v) is 3.20. The van der Waals surface area contributed by atoms with Gasteiger partial charge in [0.1, 0.15) is 0 Å². The Hall–Kier alpha value is -1.74. The molecule has 0 amide bonds. The number of halogens is 1. The van der Waals surface area contributed by atoms with Crippen molar-refractivity contribution >= 4 is 27.4 Å². The van der Waals surface area contributed by atoms with Gasteiger partial charge in [-0.1, -0.05) is 71.7 Å². The van der Waals surface area contributed by atoms with Gasteiger partial charge in [-0.15, -0.1) is 0 Å².